The van der Waals surface area contributed by atoms with Crippen LogP contribution < -0.4 is 15.3 Å². The normalized spacial score (nSPS) is 12.2. The highest BCUT2D eigenvalue weighted by atomic mass is 32.1. The van der Waals surface area contributed by atoms with E-state index < -0.39 is 17.8 Å². The van der Waals surface area contributed by atoms with E-state index in [1.165, 1.54) is 12.1 Å². The van der Waals surface area contributed by atoms with Gasteiger partial charge in [0.25, 0.3) is 0 Å². The number of aldehydes is 1. The fraction of sp³-hybridized carbons (Fsp3) is 0.176. The van der Waals surface area contributed by atoms with E-state index in [0.717, 1.165) is 17.1 Å². The summed E-state index contributed by atoms with van der Waals surface area (Å²) in [7, 11) is 0. The van der Waals surface area contributed by atoms with E-state index in [-0.39, 0.29) is 16.6 Å². The Morgan fingerprint density at radius 2 is 1.59 bits per heavy atom. The third-order valence-electron chi connectivity index (χ3n) is 3.30. The first-order chi connectivity index (χ1) is 12.7. The average molecular weight is 416 g/mol. The van der Waals surface area contributed by atoms with Crippen LogP contribution in [0.2, 0.25) is 0 Å². The Hall–Kier alpha value is -2.30. The monoisotopic (exact) mass is 416 g/mol. The molecule has 2 aromatic rings. The summed E-state index contributed by atoms with van der Waals surface area (Å²) in [6.07, 6.45) is -4.68. The first-order valence-electron chi connectivity index (χ1n) is 7.51. The molecule has 0 aliphatic carbocycles. The fourth-order valence-corrected chi connectivity index (χ4v) is 2.15. The molecule has 10 heteroatoms. The Morgan fingerprint density at radius 1 is 1.11 bits per heavy atom. The van der Waals surface area contributed by atoms with Crippen LogP contribution in [0.5, 0.6) is 17.2 Å². The number of hydrazine groups is 1. The second-order valence-electron chi connectivity index (χ2n) is 5.32. The van der Waals surface area contributed by atoms with Gasteiger partial charge in [-0.3, -0.25) is 9.80 Å². The van der Waals surface area contributed by atoms with Crippen molar-refractivity contribution in [1.29, 1.82) is 0 Å². The molecule has 1 unspecified atom stereocenters. The first-order valence-corrected chi connectivity index (χ1v) is 8.37. The minimum atomic E-state index is -4.40. The van der Waals surface area contributed by atoms with E-state index in [1.54, 1.807) is 24.3 Å². The van der Waals surface area contributed by atoms with E-state index in [1.807, 2.05) is 0 Å². The lowest BCUT2D eigenvalue weighted by Crippen LogP contribution is -2.42. The number of hydrogen-bond acceptors (Lipinski definition) is 5. The predicted molar refractivity (Wildman–Crippen MR) is 101 cm³/mol. The van der Waals surface area contributed by atoms with Crippen molar-refractivity contribution in [2.24, 2.45) is 5.84 Å². The Balaban J connectivity index is 1.98. The van der Waals surface area contributed by atoms with Gasteiger partial charge in [-0.05, 0) is 48.5 Å². The molecule has 0 saturated heterocycles. The largest absolute Gasteiger partial charge is 0.481 e. The minimum Gasteiger partial charge on any atom is -0.481 e. The smallest absolute Gasteiger partial charge is 0.416 e. The second-order valence-corrected chi connectivity index (χ2v) is 6.44. The Bertz CT molecular complexity index is 784. The highest BCUT2D eigenvalue weighted by Crippen LogP contribution is 2.31. The number of benzene rings is 2. The molecule has 1 atom stereocenters. The summed E-state index contributed by atoms with van der Waals surface area (Å²) >= 11 is 8.67. The number of halogens is 3. The number of carbonyl (C=O) groups is 1. The first kappa shape index (κ1) is 21.0. The lowest BCUT2D eigenvalue weighted by molar-refractivity contribution is -0.137. The van der Waals surface area contributed by atoms with Crippen LogP contribution in [0, 0.1) is 0 Å². The summed E-state index contributed by atoms with van der Waals surface area (Å²) in [5, 5.41) is 1.10. The minimum absolute atomic E-state index is 0.0235. The topological polar surface area (TPSA) is 64.8 Å². The van der Waals surface area contributed by atoms with Gasteiger partial charge in [-0.1, -0.05) is 12.2 Å². The number of thiocarbonyl (C=S) groups is 1. The summed E-state index contributed by atoms with van der Waals surface area (Å²) in [6.45, 7) is 0.0235. The van der Waals surface area contributed by atoms with Crippen LogP contribution >= 0.6 is 24.8 Å². The molecule has 0 fully saturated rings. The zero-order chi connectivity index (χ0) is 20.0. The van der Waals surface area contributed by atoms with Crippen molar-refractivity contribution in [3.05, 3.63) is 54.1 Å². The number of ether oxygens (including phenoxy) is 2. The van der Waals surface area contributed by atoms with Gasteiger partial charge in [-0.2, -0.15) is 13.2 Å². The molecule has 144 valence electrons. The SMILES string of the molecule is NN(CC(C=O)Oc1ccc(Oc2ccc(C(F)(F)F)cc2)cc1)C(=S)S. The molecular weight excluding hydrogens is 401 g/mol. The van der Waals surface area contributed by atoms with Crippen LogP contribution in [0.4, 0.5) is 13.2 Å². The standard InChI is InChI=1S/C17H15F3N2O3S2/c18-17(19,20)11-1-3-12(4-2-11)24-13-5-7-14(8-6-13)25-15(10-23)9-22(21)16(26)27/h1-8,10,15H,9,21H2,(H,26,27). The maximum Gasteiger partial charge on any atom is 0.416 e. The van der Waals surface area contributed by atoms with E-state index in [2.05, 4.69) is 12.6 Å². The third-order valence-corrected chi connectivity index (χ3v) is 3.79. The van der Waals surface area contributed by atoms with Crippen LogP contribution in [0.25, 0.3) is 0 Å². The van der Waals surface area contributed by atoms with Crippen molar-refractivity contribution in [2.45, 2.75) is 12.3 Å². The van der Waals surface area contributed by atoms with Crippen LogP contribution in [0.1, 0.15) is 5.56 Å². The van der Waals surface area contributed by atoms with E-state index in [9.17, 15) is 18.0 Å². The molecule has 0 radical (unpaired) electrons. The average Bonchev–Trinajstić information content (AvgIpc) is 2.62. The molecule has 0 spiro atoms. The number of nitrogens with zero attached hydrogens (tertiary/aromatic N) is 1. The predicted octanol–water partition coefficient (Wildman–Crippen LogP) is 3.83. The molecule has 2 rings (SSSR count). The van der Waals surface area contributed by atoms with Gasteiger partial charge in [-0.15, -0.1) is 12.6 Å². The molecule has 27 heavy (non-hydrogen) atoms. The summed E-state index contributed by atoms with van der Waals surface area (Å²) in [5.74, 6) is 6.60. The summed E-state index contributed by atoms with van der Waals surface area (Å²) < 4.78 is 48.7. The maximum atomic E-state index is 12.5. The molecular formula is C17H15F3N2O3S2. The lowest BCUT2D eigenvalue weighted by Gasteiger charge is -2.21. The van der Waals surface area contributed by atoms with Crippen LogP contribution in [0.3, 0.4) is 0 Å². The maximum absolute atomic E-state index is 12.5. The van der Waals surface area contributed by atoms with Gasteiger partial charge < -0.3 is 9.47 Å². The highest BCUT2D eigenvalue weighted by molar-refractivity contribution is 8.10. The van der Waals surface area contributed by atoms with Crippen molar-refractivity contribution in [3.8, 4) is 17.2 Å². The Kier molecular flexibility index (Phi) is 7.05. The number of rotatable bonds is 7. The number of carbonyl (C=O) groups excluding carboxylic acids is 1. The molecule has 0 aliphatic rings. The van der Waals surface area contributed by atoms with Crippen molar-refractivity contribution < 1.29 is 27.4 Å². The number of alkyl halides is 3. The molecule has 2 aromatic carbocycles. The highest BCUT2D eigenvalue weighted by Gasteiger charge is 2.30. The van der Waals surface area contributed by atoms with Gasteiger partial charge in [0, 0.05) is 0 Å². The molecule has 0 bridgehead atoms. The summed E-state index contributed by atoms with van der Waals surface area (Å²) in [5.41, 5.74) is -0.756. The zero-order valence-electron chi connectivity index (χ0n) is 13.7. The van der Waals surface area contributed by atoms with Crippen LogP contribution in [0.15, 0.2) is 48.5 Å². The Morgan fingerprint density at radius 3 is 2.04 bits per heavy atom. The van der Waals surface area contributed by atoms with Crippen LogP contribution in [-0.4, -0.2) is 28.3 Å². The second kappa shape index (κ2) is 9.07. The molecule has 0 saturated carbocycles. The fourth-order valence-electron chi connectivity index (χ4n) is 1.99. The summed E-state index contributed by atoms with van der Waals surface area (Å²) in [4.78, 5) is 11.1. The number of thiol groups is 1. The molecule has 0 amide bonds. The van der Waals surface area contributed by atoms with Gasteiger partial charge in [0.1, 0.15) is 21.6 Å². The Labute approximate surface area is 164 Å². The van der Waals surface area contributed by atoms with E-state index in [0.29, 0.717) is 17.8 Å². The molecule has 2 N–H and O–H groups in total. The van der Waals surface area contributed by atoms with Gasteiger partial charge in [0.2, 0.25) is 0 Å². The van der Waals surface area contributed by atoms with Crippen molar-refractivity contribution in [2.75, 3.05) is 6.54 Å². The van der Waals surface area contributed by atoms with Gasteiger partial charge >= 0.3 is 6.18 Å². The number of nitrogens with two attached hydrogens (primary N) is 1. The molecule has 0 heterocycles. The molecule has 5 nitrogen and oxygen atoms in total. The van der Waals surface area contributed by atoms with Crippen LogP contribution in [-0.2, 0) is 11.0 Å². The van der Waals surface area contributed by atoms with E-state index >= 15 is 0 Å². The van der Waals surface area contributed by atoms with Crippen molar-refractivity contribution in [1.82, 2.24) is 5.01 Å². The molecule has 0 aliphatic heterocycles. The van der Waals surface area contributed by atoms with Gasteiger partial charge in [0.05, 0.1) is 12.1 Å². The van der Waals surface area contributed by atoms with Crippen molar-refractivity contribution >= 4 is 35.5 Å². The van der Waals surface area contributed by atoms with Gasteiger partial charge in [0.15, 0.2) is 12.4 Å². The zero-order valence-corrected chi connectivity index (χ0v) is 15.4. The third kappa shape index (κ3) is 6.42. The lowest BCUT2D eigenvalue weighted by atomic mass is 10.2. The van der Waals surface area contributed by atoms with Gasteiger partial charge in [-0.25, -0.2) is 5.84 Å². The van der Waals surface area contributed by atoms with E-state index in [4.69, 9.17) is 27.5 Å². The molecule has 0 aromatic heterocycles. The quantitative estimate of drug-likeness (QED) is 0.235. The van der Waals surface area contributed by atoms with Crippen molar-refractivity contribution in [3.63, 3.8) is 0 Å². The summed E-state index contributed by atoms with van der Waals surface area (Å²) in [6, 6.07) is 10.5. The number of hydrogen-bond donors (Lipinski definition) is 2.